The van der Waals surface area contributed by atoms with Crippen LogP contribution in [0.25, 0.3) is 0 Å². The summed E-state index contributed by atoms with van der Waals surface area (Å²) in [5, 5.41) is 0.223. The molecule has 2 nitrogen and oxygen atoms in total. The summed E-state index contributed by atoms with van der Waals surface area (Å²) in [6, 6.07) is 8.39. The van der Waals surface area contributed by atoms with Crippen LogP contribution in [0.4, 0.5) is 0 Å². The van der Waals surface area contributed by atoms with Gasteiger partial charge in [-0.1, -0.05) is 45.9 Å². The number of esters is 1. The van der Waals surface area contributed by atoms with Gasteiger partial charge in [0.15, 0.2) is 0 Å². The van der Waals surface area contributed by atoms with Crippen LogP contribution in [0.15, 0.2) is 29.2 Å². The minimum Gasteiger partial charge on any atom is -0.469 e. The van der Waals surface area contributed by atoms with Crippen molar-refractivity contribution in [2.75, 3.05) is 7.11 Å². The fraction of sp³-hybridized carbons (Fsp3) is 0.533. The third-order valence-corrected chi connectivity index (χ3v) is 3.88. The summed E-state index contributed by atoms with van der Waals surface area (Å²) in [5.41, 5.74) is 1.45. The number of hydrogen-bond donors (Lipinski definition) is 0. The van der Waals surface area contributed by atoms with Gasteiger partial charge in [0.2, 0.25) is 0 Å². The Bertz CT molecular complexity index is 407. The van der Waals surface area contributed by atoms with Gasteiger partial charge in [-0.3, -0.25) is 4.79 Å². The predicted molar refractivity (Wildman–Crippen MR) is 77.1 cm³/mol. The van der Waals surface area contributed by atoms with Crippen LogP contribution >= 0.6 is 11.8 Å². The largest absolute Gasteiger partial charge is 0.469 e. The van der Waals surface area contributed by atoms with E-state index < -0.39 is 0 Å². The van der Waals surface area contributed by atoms with Crippen molar-refractivity contribution in [2.24, 2.45) is 0 Å². The van der Waals surface area contributed by atoms with Gasteiger partial charge in [-0.05, 0) is 17.0 Å². The molecule has 1 aromatic rings. The van der Waals surface area contributed by atoms with Crippen molar-refractivity contribution in [3.63, 3.8) is 0 Å². The molecule has 100 valence electrons. The molecule has 0 aliphatic rings. The summed E-state index contributed by atoms with van der Waals surface area (Å²) in [6.45, 7) is 8.67. The molecule has 18 heavy (non-hydrogen) atoms. The van der Waals surface area contributed by atoms with E-state index in [1.165, 1.54) is 17.6 Å². The van der Waals surface area contributed by atoms with Gasteiger partial charge in [0.25, 0.3) is 0 Å². The molecule has 0 fully saturated rings. The first-order valence-corrected chi connectivity index (χ1v) is 7.05. The number of thioether (sulfide) groups is 1. The molecule has 1 aromatic carbocycles. The minimum atomic E-state index is -0.150. The smallest absolute Gasteiger partial charge is 0.306 e. The maximum Gasteiger partial charge on any atom is 0.306 e. The van der Waals surface area contributed by atoms with Crippen molar-refractivity contribution >= 4 is 17.7 Å². The Labute approximate surface area is 114 Å². The van der Waals surface area contributed by atoms with Crippen LogP contribution in [0.2, 0.25) is 0 Å². The average molecular weight is 266 g/mol. The van der Waals surface area contributed by atoms with E-state index in [4.69, 9.17) is 4.74 Å². The molecule has 0 aliphatic heterocycles. The SMILES string of the molecule is COC(=O)C[C@H](C)Sc1ccccc1C(C)(C)C. The molecular weight excluding hydrogens is 244 g/mol. The molecule has 0 bridgehead atoms. The van der Waals surface area contributed by atoms with Gasteiger partial charge in [-0.25, -0.2) is 0 Å². The molecule has 0 N–H and O–H groups in total. The van der Waals surface area contributed by atoms with Crippen molar-refractivity contribution in [2.45, 2.75) is 49.7 Å². The van der Waals surface area contributed by atoms with E-state index in [1.807, 2.05) is 6.07 Å². The number of hydrogen-bond acceptors (Lipinski definition) is 3. The zero-order valence-electron chi connectivity index (χ0n) is 11.8. The third-order valence-electron chi connectivity index (χ3n) is 2.71. The van der Waals surface area contributed by atoms with E-state index >= 15 is 0 Å². The number of methoxy groups -OCH3 is 1. The average Bonchev–Trinajstić information content (AvgIpc) is 2.27. The fourth-order valence-electron chi connectivity index (χ4n) is 1.77. The first-order chi connectivity index (χ1) is 8.34. The number of benzene rings is 1. The van der Waals surface area contributed by atoms with Crippen LogP contribution in [0.3, 0.4) is 0 Å². The Balaban J connectivity index is 2.81. The van der Waals surface area contributed by atoms with Gasteiger partial charge in [0.05, 0.1) is 13.5 Å². The van der Waals surface area contributed by atoms with Gasteiger partial charge in [-0.2, -0.15) is 0 Å². The second kappa shape index (κ2) is 6.28. The zero-order valence-corrected chi connectivity index (χ0v) is 12.6. The summed E-state index contributed by atoms with van der Waals surface area (Å²) >= 11 is 1.74. The van der Waals surface area contributed by atoms with E-state index in [-0.39, 0.29) is 16.6 Å². The first kappa shape index (κ1) is 15.1. The van der Waals surface area contributed by atoms with E-state index in [9.17, 15) is 4.79 Å². The van der Waals surface area contributed by atoms with E-state index in [1.54, 1.807) is 11.8 Å². The molecule has 0 heterocycles. The molecule has 0 saturated carbocycles. The second-order valence-electron chi connectivity index (χ2n) is 5.45. The van der Waals surface area contributed by atoms with Crippen molar-refractivity contribution in [3.8, 4) is 0 Å². The summed E-state index contributed by atoms with van der Waals surface area (Å²) in [7, 11) is 1.43. The van der Waals surface area contributed by atoms with Crippen molar-refractivity contribution in [3.05, 3.63) is 29.8 Å². The van der Waals surface area contributed by atoms with Gasteiger partial charge in [0.1, 0.15) is 0 Å². The lowest BCUT2D eigenvalue weighted by Gasteiger charge is -2.23. The van der Waals surface area contributed by atoms with Gasteiger partial charge < -0.3 is 4.74 Å². The molecule has 1 rings (SSSR count). The minimum absolute atomic E-state index is 0.120. The van der Waals surface area contributed by atoms with E-state index in [0.29, 0.717) is 6.42 Å². The Morgan fingerprint density at radius 2 is 1.94 bits per heavy atom. The number of carbonyl (C=O) groups is 1. The molecule has 0 aromatic heterocycles. The highest BCUT2D eigenvalue weighted by Gasteiger charge is 2.19. The van der Waals surface area contributed by atoms with E-state index in [2.05, 4.69) is 45.9 Å². The number of ether oxygens (including phenoxy) is 1. The van der Waals surface area contributed by atoms with Crippen molar-refractivity contribution in [1.29, 1.82) is 0 Å². The van der Waals surface area contributed by atoms with Gasteiger partial charge in [-0.15, -0.1) is 11.8 Å². The Morgan fingerprint density at radius 3 is 2.50 bits per heavy atom. The molecule has 0 spiro atoms. The van der Waals surface area contributed by atoms with Gasteiger partial charge in [0, 0.05) is 10.1 Å². The molecule has 1 atom stereocenters. The lowest BCUT2D eigenvalue weighted by Crippen LogP contribution is -2.14. The summed E-state index contributed by atoms with van der Waals surface area (Å²) < 4.78 is 4.70. The van der Waals surface area contributed by atoms with Crippen LogP contribution in [-0.4, -0.2) is 18.3 Å². The molecule has 0 aliphatic carbocycles. The number of rotatable bonds is 4. The summed E-state index contributed by atoms with van der Waals surface area (Å²) in [6.07, 6.45) is 0.444. The normalized spacial score (nSPS) is 13.2. The summed E-state index contributed by atoms with van der Waals surface area (Å²) in [4.78, 5) is 12.5. The topological polar surface area (TPSA) is 26.3 Å². The highest BCUT2D eigenvalue weighted by Crippen LogP contribution is 2.35. The molecule has 0 radical (unpaired) electrons. The lowest BCUT2D eigenvalue weighted by molar-refractivity contribution is -0.140. The van der Waals surface area contributed by atoms with Crippen LogP contribution in [-0.2, 0) is 14.9 Å². The highest BCUT2D eigenvalue weighted by molar-refractivity contribution is 8.00. The molecule has 3 heteroatoms. The van der Waals surface area contributed by atoms with Crippen LogP contribution in [0.5, 0.6) is 0 Å². The predicted octanol–water partition coefficient (Wildman–Crippen LogP) is 4.03. The summed E-state index contributed by atoms with van der Waals surface area (Å²) in [5.74, 6) is -0.150. The Hall–Kier alpha value is -0.960. The van der Waals surface area contributed by atoms with Crippen LogP contribution in [0.1, 0.15) is 39.7 Å². The maximum absolute atomic E-state index is 11.3. The second-order valence-corrected chi connectivity index (χ2v) is 6.94. The van der Waals surface area contributed by atoms with Gasteiger partial charge >= 0.3 is 5.97 Å². The van der Waals surface area contributed by atoms with Crippen LogP contribution in [0, 0.1) is 0 Å². The zero-order chi connectivity index (χ0) is 13.8. The quantitative estimate of drug-likeness (QED) is 0.608. The molecule has 0 unspecified atom stereocenters. The number of carbonyl (C=O) groups excluding carboxylic acids is 1. The van der Waals surface area contributed by atoms with E-state index in [0.717, 1.165) is 0 Å². The molecular formula is C15H22O2S. The fourth-order valence-corrected chi connectivity index (χ4v) is 3.08. The molecule has 0 saturated heterocycles. The van der Waals surface area contributed by atoms with Crippen LogP contribution < -0.4 is 0 Å². The van der Waals surface area contributed by atoms with Crippen molar-refractivity contribution < 1.29 is 9.53 Å². The monoisotopic (exact) mass is 266 g/mol. The maximum atomic E-state index is 11.3. The standard InChI is InChI=1S/C15H22O2S/c1-11(10-14(16)17-5)18-13-9-7-6-8-12(13)15(2,3)4/h6-9,11H,10H2,1-5H3/t11-/m0/s1. The molecule has 0 amide bonds. The third kappa shape index (κ3) is 4.37. The lowest BCUT2D eigenvalue weighted by atomic mass is 9.87. The van der Waals surface area contributed by atoms with Crippen molar-refractivity contribution in [1.82, 2.24) is 0 Å². The Kier molecular flexibility index (Phi) is 5.27. The highest BCUT2D eigenvalue weighted by atomic mass is 32.2. The first-order valence-electron chi connectivity index (χ1n) is 6.17. The Morgan fingerprint density at radius 1 is 1.33 bits per heavy atom.